The highest BCUT2D eigenvalue weighted by Crippen LogP contribution is 2.37. The third kappa shape index (κ3) is 3.17. The molecule has 0 radical (unpaired) electrons. The Hall–Kier alpha value is -0.0800. The van der Waals surface area contributed by atoms with Crippen molar-refractivity contribution >= 4 is 0 Å². The van der Waals surface area contributed by atoms with Crippen LogP contribution in [0.2, 0.25) is 0 Å². The molecule has 4 atom stereocenters. The van der Waals surface area contributed by atoms with E-state index in [0.29, 0.717) is 0 Å². The zero-order valence-corrected chi connectivity index (χ0v) is 13.9. The van der Waals surface area contributed by atoms with E-state index in [-0.39, 0.29) is 0 Å². The van der Waals surface area contributed by atoms with E-state index in [1.165, 1.54) is 77.3 Å². The fourth-order valence-electron chi connectivity index (χ4n) is 5.84. The molecule has 2 nitrogen and oxygen atoms in total. The van der Waals surface area contributed by atoms with Crippen molar-refractivity contribution in [2.24, 2.45) is 17.8 Å². The van der Waals surface area contributed by atoms with Crippen molar-refractivity contribution in [3.63, 3.8) is 0 Å². The van der Waals surface area contributed by atoms with E-state index in [1.54, 1.807) is 0 Å². The highest BCUT2D eigenvalue weighted by Gasteiger charge is 2.36. The number of hydrogen-bond donors (Lipinski definition) is 1. The molecule has 1 aliphatic carbocycles. The Labute approximate surface area is 131 Å². The summed E-state index contributed by atoms with van der Waals surface area (Å²) in [7, 11) is 0. The van der Waals surface area contributed by atoms with Gasteiger partial charge in [0.15, 0.2) is 0 Å². The molecule has 5 aliphatic rings. The topological polar surface area (TPSA) is 15.3 Å². The van der Waals surface area contributed by atoms with Gasteiger partial charge in [-0.3, -0.25) is 0 Å². The van der Waals surface area contributed by atoms with E-state index < -0.39 is 0 Å². The molecule has 21 heavy (non-hydrogen) atoms. The summed E-state index contributed by atoms with van der Waals surface area (Å²) in [6.45, 7) is 5.35. The summed E-state index contributed by atoms with van der Waals surface area (Å²) in [5, 5.41) is 3.93. The van der Waals surface area contributed by atoms with Crippen molar-refractivity contribution in [2.75, 3.05) is 13.1 Å². The first-order valence-corrected chi connectivity index (χ1v) is 9.78. The Balaban J connectivity index is 1.37. The first-order valence-electron chi connectivity index (χ1n) is 9.78. The Kier molecular flexibility index (Phi) is 4.28. The highest BCUT2D eigenvalue weighted by molar-refractivity contribution is 4.93. The van der Waals surface area contributed by atoms with E-state index in [0.717, 1.165) is 35.9 Å². The summed E-state index contributed by atoms with van der Waals surface area (Å²) < 4.78 is 0. The van der Waals surface area contributed by atoms with Crippen LogP contribution in [0.4, 0.5) is 0 Å². The fraction of sp³-hybridized carbons (Fsp3) is 1.00. The standard InChI is InChI=1S/C19H34N2/c1-14(21-12-15-5-6-16(13-21)8-7-15)11-17-3-2-4-18-9-10-19(17)20-18/h14-20H,2-13H2,1H3. The van der Waals surface area contributed by atoms with Crippen LogP contribution in [-0.2, 0) is 0 Å². The van der Waals surface area contributed by atoms with Crippen LogP contribution in [0.1, 0.15) is 71.1 Å². The molecule has 4 bridgehead atoms. The molecule has 0 aromatic rings. The molecule has 2 heteroatoms. The van der Waals surface area contributed by atoms with Crippen LogP contribution in [0, 0.1) is 17.8 Å². The number of hydrogen-bond acceptors (Lipinski definition) is 2. The summed E-state index contributed by atoms with van der Waals surface area (Å²) in [5.41, 5.74) is 0. The lowest BCUT2D eigenvalue weighted by Gasteiger charge is -2.33. The summed E-state index contributed by atoms with van der Waals surface area (Å²) >= 11 is 0. The van der Waals surface area contributed by atoms with Crippen LogP contribution in [0.3, 0.4) is 0 Å². The summed E-state index contributed by atoms with van der Waals surface area (Å²) in [5.74, 6) is 3.00. The second-order valence-corrected chi connectivity index (χ2v) is 8.66. The van der Waals surface area contributed by atoms with E-state index in [1.807, 2.05) is 0 Å². The summed E-state index contributed by atoms with van der Waals surface area (Å²) in [6.07, 6.45) is 14.8. The Morgan fingerprint density at radius 2 is 1.62 bits per heavy atom. The average molecular weight is 290 g/mol. The molecule has 0 aromatic heterocycles. The largest absolute Gasteiger partial charge is 0.311 e. The first kappa shape index (κ1) is 14.5. The summed E-state index contributed by atoms with van der Waals surface area (Å²) in [6, 6.07) is 2.53. The SMILES string of the molecule is CC(CC1CCCC2CCC1N2)N1CC2CCC(CC2)C1. The average Bonchev–Trinajstić information content (AvgIpc) is 2.64. The fourth-order valence-corrected chi connectivity index (χ4v) is 5.84. The van der Waals surface area contributed by atoms with Gasteiger partial charge in [0.05, 0.1) is 0 Å². The second-order valence-electron chi connectivity index (χ2n) is 8.66. The first-order chi connectivity index (χ1) is 10.3. The maximum absolute atomic E-state index is 3.93. The minimum absolute atomic E-state index is 0.815. The van der Waals surface area contributed by atoms with Crippen molar-refractivity contribution in [3.8, 4) is 0 Å². The molecule has 4 unspecified atom stereocenters. The van der Waals surface area contributed by atoms with Gasteiger partial charge in [-0.25, -0.2) is 0 Å². The highest BCUT2D eigenvalue weighted by atomic mass is 15.2. The van der Waals surface area contributed by atoms with E-state index in [2.05, 4.69) is 17.1 Å². The van der Waals surface area contributed by atoms with Crippen LogP contribution in [0.5, 0.6) is 0 Å². The van der Waals surface area contributed by atoms with E-state index in [9.17, 15) is 0 Å². The number of fused-ring (bicyclic) bond motifs is 6. The molecule has 1 N–H and O–H groups in total. The maximum atomic E-state index is 3.93. The van der Waals surface area contributed by atoms with Gasteiger partial charge in [0.25, 0.3) is 0 Å². The predicted molar refractivity (Wildman–Crippen MR) is 88.4 cm³/mol. The van der Waals surface area contributed by atoms with Gasteiger partial charge in [-0.15, -0.1) is 0 Å². The van der Waals surface area contributed by atoms with Gasteiger partial charge in [0.2, 0.25) is 0 Å². The van der Waals surface area contributed by atoms with Gasteiger partial charge in [-0.05, 0) is 82.5 Å². The van der Waals surface area contributed by atoms with Crippen molar-refractivity contribution in [3.05, 3.63) is 0 Å². The molecule has 0 amide bonds. The quantitative estimate of drug-likeness (QED) is 0.850. The maximum Gasteiger partial charge on any atom is 0.00990 e. The van der Waals surface area contributed by atoms with Crippen molar-refractivity contribution in [1.82, 2.24) is 10.2 Å². The lowest BCUT2D eigenvalue weighted by molar-refractivity contribution is 0.155. The van der Waals surface area contributed by atoms with Crippen LogP contribution >= 0.6 is 0 Å². The number of nitrogens with zero attached hydrogens (tertiary/aromatic N) is 1. The molecule has 5 rings (SSSR count). The molecule has 4 heterocycles. The van der Waals surface area contributed by atoms with Crippen LogP contribution in [0.25, 0.3) is 0 Å². The monoisotopic (exact) mass is 290 g/mol. The van der Waals surface area contributed by atoms with Gasteiger partial charge < -0.3 is 10.2 Å². The van der Waals surface area contributed by atoms with Gasteiger partial charge in [0.1, 0.15) is 0 Å². The molecule has 0 spiro atoms. The third-order valence-corrected chi connectivity index (χ3v) is 7.19. The van der Waals surface area contributed by atoms with Crippen LogP contribution in [0.15, 0.2) is 0 Å². The summed E-state index contributed by atoms with van der Waals surface area (Å²) in [4.78, 5) is 2.88. The Morgan fingerprint density at radius 1 is 0.905 bits per heavy atom. The second kappa shape index (κ2) is 6.20. The molecule has 4 saturated heterocycles. The molecule has 120 valence electrons. The van der Waals surface area contributed by atoms with Gasteiger partial charge in [-0.1, -0.05) is 6.42 Å². The van der Waals surface area contributed by atoms with Gasteiger partial charge >= 0.3 is 0 Å². The van der Waals surface area contributed by atoms with Crippen molar-refractivity contribution < 1.29 is 0 Å². The molecule has 4 aliphatic heterocycles. The minimum Gasteiger partial charge on any atom is -0.311 e. The molecule has 0 aromatic carbocycles. The van der Waals surface area contributed by atoms with Crippen LogP contribution in [-0.4, -0.2) is 36.1 Å². The van der Waals surface area contributed by atoms with Crippen molar-refractivity contribution in [2.45, 2.75) is 89.3 Å². The minimum atomic E-state index is 0.815. The predicted octanol–water partition coefficient (Wildman–Crippen LogP) is 3.81. The molecular weight excluding hydrogens is 256 g/mol. The van der Waals surface area contributed by atoms with Crippen molar-refractivity contribution in [1.29, 1.82) is 0 Å². The Morgan fingerprint density at radius 3 is 2.33 bits per heavy atom. The number of rotatable bonds is 3. The number of nitrogens with one attached hydrogen (secondary N) is 1. The van der Waals surface area contributed by atoms with Gasteiger partial charge in [-0.2, -0.15) is 0 Å². The van der Waals surface area contributed by atoms with Gasteiger partial charge in [0, 0.05) is 31.2 Å². The molecule has 5 fully saturated rings. The molecular formula is C19H34N2. The molecule has 1 saturated carbocycles. The van der Waals surface area contributed by atoms with Crippen LogP contribution < -0.4 is 5.32 Å². The van der Waals surface area contributed by atoms with E-state index in [4.69, 9.17) is 0 Å². The lowest BCUT2D eigenvalue weighted by atomic mass is 9.84. The zero-order chi connectivity index (χ0) is 14.2. The normalized spacial score (nSPS) is 45.3. The van der Waals surface area contributed by atoms with E-state index >= 15 is 0 Å². The Bertz CT molecular complexity index is 333. The third-order valence-electron chi connectivity index (χ3n) is 7.19. The smallest absolute Gasteiger partial charge is 0.00990 e. The zero-order valence-electron chi connectivity index (χ0n) is 13.9. The lowest BCUT2D eigenvalue weighted by Crippen LogP contribution is -2.41.